The van der Waals surface area contributed by atoms with Gasteiger partial charge in [-0.1, -0.05) is 18.2 Å². The van der Waals surface area contributed by atoms with E-state index in [1.54, 1.807) is 17.2 Å². The average Bonchev–Trinajstić information content (AvgIpc) is 2.64. The molecule has 3 rings (SSSR count). The minimum atomic E-state index is -0.433. The monoisotopic (exact) mass is 309 g/mol. The van der Waals surface area contributed by atoms with Gasteiger partial charge >= 0.3 is 0 Å². The molecule has 0 atom stereocenters. The molecule has 118 valence electrons. The predicted octanol–water partition coefficient (Wildman–Crippen LogP) is 2.94. The second kappa shape index (κ2) is 5.50. The molecular weight excluding hydrogens is 290 g/mol. The van der Waals surface area contributed by atoms with E-state index in [4.69, 9.17) is 0 Å². The molecule has 2 aromatic rings. The van der Waals surface area contributed by atoms with Crippen LogP contribution in [0.1, 0.15) is 31.1 Å². The van der Waals surface area contributed by atoms with E-state index in [0.29, 0.717) is 11.3 Å². The topological polar surface area (TPSA) is 62.3 Å². The number of carbonyl (C=O) groups excluding carboxylic acids is 2. The highest BCUT2D eigenvalue weighted by Crippen LogP contribution is 2.33. The molecule has 1 aliphatic rings. The molecule has 0 saturated heterocycles. The number of carbonyl (C=O) groups is 2. The van der Waals surface area contributed by atoms with Gasteiger partial charge in [-0.15, -0.1) is 0 Å². The van der Waals surface area contributed by atoms with Gasteiger partial charge in [0.25, 0.3) is 5.91 Å². The molecule has 5 nitrogen and oxygen atoms in total. The summed E-state index contributed by atoms with van der Waals surface area (Å²) in [7, 11) is 0. The van der Waals surface area contributed by atoms with E-state index < -0.39 is 5.54 Å². The van der Waals surface area contributed by atoms with Crippen molar-refractivity contribution in [2.45, 2.75) is 26.3 Å². The fourth-order valence-corrected chi connectivity index (χ4v) is 2.68. The number of anilines is 1. The highest BCUT2D eigenvalue weighted by molar-refractivity contribution is 6.11. The fourth-order valence-electron chi connectivity index (χ4n) is 2.68. The zero-order valence-corrected chi connectivity index (χ0v) is 13.5. The summed E-state index contributed by atoms with van der Waals surface area (Å²) in [5.74, 6) is -0.348. The van der Waals surface area contributed by atoms with E-state index in [-0.39, 0.29) is 18.4 Å². The summed E-state index contributed by atoms with van der Waals surface area (Å²) in [5.41, 5.74) is 2.07. The van der Waals surface area contributed by atoms with Crippen LogP contribution in [0, 0.1) is 0 Å². The summed E-state index contributed by atoms with van der Waals surface area (Å²) in [6, 6.07) is 11.0. The fraction of sp³-hybridized carbons (Fsp3) is 0.278. The molecule has 1 aromatic heterocycles. The summed E-state index contributed by atoms with van der Waals surface area (Å²) in [4.78, 5) is 31.2. The normalized spacial score (nSPS) is 15.0. The average molecular weight is 309 g/mol. The predicted molar refractivity (Wildman–Crippen MR) is 89.1 cm³/mol. The first-order valence-electron chi connectivity index (χ1n) is 7.54. The first-order chi connectivity index (χ1) is 10.9. The van der Waals surface area contributed by atoms with Gasteiger partial charge in [-0.05, 0) is 39.0 Å². The quantitative estimate of drug-likeness (QED) is 0.881. The van der Waals surface area contributed by atoms with Crippen molar-refractivity contribution in [2.75, 3.05) is 11.9 Å². The van der Waals surface area contributed by atoms with Gasteiger partial charge in [0, 0.05) is 17.3 Å². The van der Waals surface area contributed by atoms with Gasteiger partial charge in [0.05, 0.1) is 16.9 Å². The lowest BCUT2D eigenvalue weighted by Gasteiger charge is -2.33. The first kappa shape index (κ1) is 15.2. The van der Waals surface area contributed by atoms with Crippen molar-refractivity contribution in [1.29, 1.82) is 0 Å². The van der Waals surface area contributed by atoms with E-state index in [2.05, 4.69) is 10.3 Å². The molecule has 23 heavy (non-hydrogen) atoms. The van der Waals surface area contributed by atoms with Crippen LogP contribution in [0.15, 0.2) is 42.6 Å². The summed E-state index contributed by atoms with van der Waals surface area (Å²) in [6.07, 6.45) is 1.69. The number of para-hydroxylation sites is 1. The van der Waals surface area contributed by atoms with Crippen molar-refractivity contribution < 1.29 is 9.59 Å². The maximum Gasteiger partial charge on any atom is 0.256 e. The maximum atomic E-state index is 12.9. The standard InChI is InChI=1S/C18H19N3O2/c1-18(2,3)21-11-15(22)20-16-12(14-9-4-5-10-19-14)7-6-8-13(16)17(21)23/h4-10H,11H2,1-3H3,(H,20,22). The van der Waals surface area contributed by atoms with Crippen LogP contribution in [0.5, 0.6) is 0 Å². The Bertz CT molecular complexity index is 764. The third kappa shape index (κ3) is 2.82. The molecule has 0 aliphatic carbocycles. The van der Waals surface area contributed by atoms with Crippen LogP contribution in [0.3, 0.4) is 0 Å². The number of nitrogens with one attached hydrogen (secondary N) is 1. The molecule has 0 radical (unpaired) electrons. The lowest BCUT2D eigenvalue weighted by atomic mass is 10.0. The second-order valence-electron chi connectivity index (χ2n) is 6.55. The van der Waals surface area contributed by atoms with Gasteiger partial charge in [0.15, 0.2) is 0 Å². The van der Waals surface area contributed by atoms with Crippen LogP contribution in [0.4, 0.5) is 5.69 Å². The van der Waals surface area contributed by atoms with Gasteiger partial charge in [-0.2, -0.15) is 0 Å². The van der Waals surface area contributed by atoms with Gasteiger partial charge in [-0.3, -0.25) is 14.6 Å². The minimum Gasteiger partial charge on any atom is -0.324 e. The number of fused-ring (bicyclic) bond motifs is 1. The van der Waals surface area contributed by atoms with Gasteiger partial charge in [0.1, 0.15) is 6.54 Å². The Morgan fingerprint density at radius 1 is 1.04 bits per heavy atom. The smallest absolute Gasteiger partial charge is 0.256 e. The van der Waals surface area contributed by atoms with Crippen LogP contribution >= 0.6 is 0 Å². The number of hydrogen-bond acceptors (Lipinski definition) is 3. The number of benzene rings is 1. The molecule has 0 bridgehead atoms. The van der Waals surface area contributed by atoms with Crippen LogP contribution in [-0.2, 0) is 4.79 Å². The van der Waals surface area contributed by atoms with Crippen molar-refractivity contribution in [3.05, 3.63) is 48.2 Å². The van der Waals surface area contributed by atoms with Crippen molar-refractivity contribution in [2.24, 2.45) is 0 Å². The third-order valence-corrected chi connectivity index (χ3v) is 3.86. The lowest BCUT2D eigenvalue weighted by Crippen LogP contribution is -2.47. The van der Waals surface area contributed by atoms with Crippen molar-refractivity contribution >= 4 is 17.5 Å². The van der Waals surface area contributed by atoms with Crippen molar-refractivity contribution in [3.63, 3.8) is 0 Å². The lowest BCUT2D eigenvalue weighted by molar-refractivity contribution is -0.117. The van der Waals surface area contributed by atoms with E-state index in [1.165, 1.54) is 0 Å². The Labute approximate surface area is 135 Å². The Kier molecular flexibility index (Phi) is 3.64. The van der Waals surface area contributed by atoms with Gasteiger partial charge < -0.3 is 10.2 Å². The zero-order valence-electron chi connectivity index (χ0n) is 13.5. The number of amides is 2. The zero-order chi connectivity index (χ0) is 16.6. The first-order valence-corrected chi connectivity index (χ1v) is 7.54. The Morgan fingerprint density at radius 2 is 1.78 bits per heavy atom. The molecule has 0 spiro atoms. The molecule has 1 aromatic carbocycles. The molecule has 0 saturated carbocycles. The maximum absolute atomic E-state index is 12.9. The second-order valence-corrected chi connectivity index (χ2v) is 6.55. The Morgan fingerprint density at radius 3 is 2.43 bits per heavy atom. The van der Waals surface area contributed by atoms with E-state index in [1.807, 2.05) is 51.1 Å². The minimum absolute atomic E-state index is 0.0403. The number of nitrogens with zero attached hydrogens (tertiary/aromatic N) is 2. The summed E-state index contributed by atoms with van der Waals surface area (Å²) >= 11 is 0. The molecule has 5 heteroatoms. The summed E-state index contributed by atoms with van der Waals surface area (Å²) in [6.45, 7) is 5.81. The van der Waals surface area contributed by atoms with Crippen LogP contribution in [-0.4, -0.2) is 33.8 Å². The molecule has 2 heterocycles. The van der Waals surface area contributed by atoms with Gasteiger partial charge in [0.2, 0.25) is 5.91 Å². The number of rotatable bonds is 1. The van der Waals surface area contributed by atoms with E-state index >= 15 is 0 Å². The molecule has 1 N–H and O–H groups in total. The van der Waals surface area contributed by atoms with E-state index in [0.717, 1.165) is 11.3 Å². The largest absolute Gasteiger partial charge is 0.324 e. The number of pyridine rings is 1. The van der Waals surface area contributed by atoms with Crippen LogP contribution < -0.4 is 5.32 Å². The summed E-state index contributed by atoms with van der Waals surface area (Å²) in [5, 5.41) is 2.88. The van der Waals surface area contributed by atoms with Crippen molar-refractivity contribution in [1.82, 2.24) is 9.88 Å². The number of aromatic nitrogens is 1. The number of hydrogen-bond donors (Lipinski definition) is 1. The molecular formula is C18H19N3O2. The molecule has 1 aliphatic heterocycles. The van der Waals surface area contributed by atoms with Crippen LogP contribution in [0.2, 0.25) is 0 Å². The van der Waals surface area contributed by atoms with Crippen molar-refractivity contribution in [3.8, 4) is 11.3 Å². The highest BCUT2D eigenvalue weighted by Gasteiger charge is 2.34. The molecule has 2 amide bonds. The van der Waals surface area contributed by atoms with E-state index in [9.17, 15) is 9.59 Å². The molecule has 0 fully saturated rings. The SMILES string of the molecule is CC(C)(C)N1CC(=O)Nc2c(cccc2-c2ccccn2)C1=O. The molecule has 0 unspecified atom stereocenters. The third-order valence-electron chi connectivity index (χ3n) is 3.86. The van der Waals surface area contributed by atoms with Crippen LogP contribution in [0.25, 0.3) is 11.3 Å². The Balaban J connectivity index is 2.17. The summed E-state index contributed by atoms with van der Waals surface area (Å²) < 4.78 is 0. The Hall–Kier alpha value is -2.69. The highest BCUT2D eigenvalue weighted by atomic mass is 16.2. The van der Waals surface area contributed by atoms with Gasteiger partial charge in [-0.25, -0.2) is 0 Å².